The maximum absolute atomic E-state index is 15.4. The van der Waals surface area contributed by atoms with Crippen LogP contribution in [0.5, 0.6) is 0 Å². The smallest absolute Gasteiger partial charge is 0.309 e. The van der Waals surface area contributed by atoms with E-state index >= 15 is 35.1 Å². The van der Waals surface area contributed by atoms with E-state index in [1.807, 2.05) is 0 Å². The van der Waals surface area contributed by atoms with Gasteiger partial charge in [0.25, 0.3) is 0 Å². The zero-order valence-electron chi connectivity index (χ0n) is 31.0. The Bertz CT molecular complexity index is 1840. The Hall–Kier alpha value is -4.06. The van der Waals surface area contributed by atoms with E-state index in [4.69, 9.17) is 0 Å². The summed E-state index contributed by atoms with van der Waals surface area (Å²) in [6.45, 7) is 4.81. The Morgan fingerprint density at radius 3 is 0.567 bits per heavy atom. The Labute approximate surface area is 337 Å². The second-order valence-electron chi connectivity index (χ2n) is 13.4. The van der Waals surface area contributed by atoms with Crippen LogP contribution in [0.4, 0.5) is 87.8 Å². The predicted molar refractivity (Wildman–Crippen MR) is 173 cm³/mol. The number of benzene rings is 4. The zero-order chi connectivity index (χ0) is 45.3. The molecule has 0 bridgehead atoms. The summed E-state index contributed by atoms with van der Waals surface area (Å²) in [6, 6.07) is 0. The molecular weight excluding hydrogens is 917 g/mol. The molecule has 4 aromatic rings. The van der Waals surface area contributed by atoms with Crippen molar-refractivity contribution in [1.82, 2.24) is 14.7 Å². The summed E-state index contributed by atoms with van der Waals surface area (Å²) in [5, 5.41) is 0. The van der Waals surface area contributed by atoms with E-state index in [1.165, 1.54) is 39.0 Å². The fourth-order valence-corrected chi connectivity index (χ4v) is 6.30. The molecule has 0 aliphatic rings. The van der Waals surface area contributed by atoms with Gasteiger partial charge in [0.1, 0.15) is 52.7 Å². The van der Waals surface area contributed by atoms with Gasteiger partial charge in [-0.15, -0.1) is 21.9 Å². The van der Waals surface area contributed by atoms with Crippen LogP contribution in [0, 0.1) is 116 Å². The molecule has 0 spiro atoms. The van der Waals surface area contributed by atoms with Crippen LogP contribution in [-0.4, -0.2) is 82.3 Å². The summed E-state index contributed by atoms with van der Waals surface area (Å²) >= 11 is 0. The fraction of sp³-hybridized carbons (Fsp3) is 0.314. The van der Waals surface area contributed by atoms with Crippen molar-refractivity contribution in [2.45, 2.75) is 12.8 Å². The van der Waals surface area contributed by atoms with Gasteiger partial charge >= 0.3 is 17.1 Å². The van der Waals surface area contributed by atoms with Gasteiger partial charge < -0.3 is 14.7 Å². The van der Waals surface area contributed by atoms with E-state index in [0.29, 0.717) is 0 Å². The predicted octanol–water partition coefficient (Wildman–Crippen LogP) is 6.67. The van der Waals surface area contributed by atoms with Gasteiger partial charge in [-0.3, -0.25) is 0 Å². The molecule has 0 heterocycles. The van der Waals surface area contributed by atoms with E-state index in [1.54, 1.807) is 0 Å². The summed E-state index contributed by atoms with van der Waals surface area (Å²) in [7, 11) is 10.7. The van der Waals surface area contributed by atoms with Crippen molar-refractivity contribution < 1.29 is 105 Å². The van der Waals surface area contributed by atoms with Crippen molar-refractivity contribution in [1.29, 1.82) is 0 Å². The molecule has 0 fully saturated rings. The molecule has 4 aromatic carbocycles. The molecule has 0 N–H and O–H groups in total. The first-order valence-corrected chi connectivity index (χ1v) is 16.4. The first-order chi connectivity index (χ1) is 27.2. The Morgan fingerprint density at radius 2 is 0.417 bits per heavy atom. The minimum absolute atomic E-state index is 0. The van der Waals surface area contributed by atoms with Crippen molar-refractivity contribution in [2.24, 2.45) is 0 Å². The summed E-state index contributed by atoms with van der Waals surface area (Å²) in [4.78, 5) is 6.91. The van der Waals surface area contributed by atoms with E-state index < -0.39 is 144 Å². The van der Waals surface area contributed by atoms with Crippen LogP contribution in [0.2, 0.25) is 0 Å². The van der Waals surface area contributed by atoms with Crippen LogP contribution < -0.4 is 21.9 Å². The largest absolute Gasteiger partial charge is 1.00 e. The number of nitrogens with zero attached hydrogens (tertiary/aromatic N) is 3. The van der Waals surface area contributed by atoms with Crippen molar-refractivity contribution >= 4 is 28.0 Å². The molecule has 0 radical (unpaired) electrons. The Balaban J connectivity index is 0.000000708. The SMILES string of the molecule is CN(C)CCCN(C)CCCN(C)C.Fc1c(F)c(F)c([B-](c2c(F)c(F)c(F)c(F)c2F)(c2c(F)c(F)c(F)c(F)c2F)c2c(F)c(F)c(F)c(F)c2F)c(F)c1F.[Cu+]. The summed E-state index contributed by atoms with van der Waals surface area (Å²) in [5.41, 5.74) is -14.3. The van der Waals surface area contributed by atoms with Gasteiger partial charge in [0.15, 0.2) is 69.8 Å². The molecule has 0 aromatic heterocycles. The van der Waals surface area contributed by atoms with Gasteiger partial charge in [-0.2, -0.15) is 0 Å². The molecule has 25 heteroatoms. The minimum Gasteiger partial charge on any atom is -0.309 e. The molecular formula is C35H27BCuF20N3. The van der Waals surface area contributed by atoms with Gasteiger partial charge in [0.2, 0.25) is 0 Å². The average molecular weight is 944 g/mol. The Morgan fingerprint density at radius 1 is 0.267 bits per heavy atom. The molecule has 336 valence electrons. The van der Waals surface area contributed by atoms with Crippen LogP contribution in [-0.2, 0) is 17.1 Å². The molecule has 0 atom stereocenters. The second-order valence-corrected chi connectivity index (χ2v) is 13.4. The van der Waals surface area contributed by atoms with E-state index in [9.17, 15) is 52.7 Å². The molecule has 0 unspecified atom stereocenters. The third-order valence-electron chi connectivity index (χ3n) is 9.00. The zero-order valence-corrected chi connectivity index (χ0v) is 32.0. The molecule has 0 saturated carbocycles. The molecule has 0 saturated heterocycles. The van der Waals surface area contributed by atoms with Crippen molar-refractivity contribution in [3.8, 4) is 0 Å². The monoisotopic (exact) mass is 943 g/mol. The number of rotatable bonds is 12. The van der Waals surface area contributed by atoms with Crippen molar-refractivity contribution in [3.05, 3.63) is 116 Å². The fourth-order valence-electron chi connectivity index (χ4n) is 6.30. The topological polar surface area (TPSA) is 9.72 Å². The molecule has 3 nitrogen and oxygen atoms in total. The van der Waals surface area contributed by atoms with Gasteiger partial charge in [-0.05, 0) is 74.3 Å². The number of hydrogen-bond acceptors (Lipinski definition) is 3. The van der Waals surface area contributed by atoms with Gasteiger partial charge in [-0.25, -0.2) is 87.8 Å². The van der Waals surface area contributed by atoms with Gasteiger partial charge in [-0.1, -0.05) is 0 Å². The normalized spacial score (nSPS) is 11.8. The molecule has 0 amide bonds. The van der Waals surface area contributed by atoms with Crippen molar-refractivity contribution in [3.63, 3.8) is 0 Å². The quantitative estimate of drug-likeness (QED) is 0.0682. The maximum Gasteiger partial charge on any atom is 1.00 e. The van der Waals surface area contributed by atoms with Gasteiger partial charge in [0, 0.05) is 0 Å². The van der Waals surface area contributed by atoms with E-state index in [2.05, 4.69) is 49.9 Å². The molecule has 4 rings (SSSR count). The number of halogens is 20. The van der Waals surface area contributed by atoms with Crippen LogP contribution in [0.3, 0.4) is 0 Å². The number of hydrogen-bond donors (Lipinski definition) is 0. The summed E-state index contributed by atoms with van der Waals surface area (Å²) in [6.07, 6.45) is -4.68. The van der Waals surface area contributed by atoms with Crippen molar-refractivity contribution in [2.75, 3.05) is 61.4 Å². The molecule has 0 aliphatic carbocycles. The standard InChI is InChI=1S/C24BF20.C11H27N3.Cu/c26-5-1(6(27)14(35)21(42)13(5)34)25(2-7(28)15(36)22(43)16(37)8(2)29,3-9(30)17(38)23(44)18(39)10(3)31)4-11(32)19(40)24(45)20(41)12(4)33;1-12(2)8-6-10-14(5)11-7-9-13(3)4;/h;6-11H2,1-5H3;/q-1;;+1. The molecule has 60 heavy (non-hydrogen) atoms. The van der Waals surface area contributed by atoms with Gasteiger partial charge in [0.05, 0.1) is 0 Å². The van der Waals surface area contributed by atoms with Crippen LogP contribution in [0.25, 0.3) is 0 Å². The second kappa shape index (κ2) is 20.2. The summed E-state index contributed by atoms with van der Waals surface area (Å²) < 4.78 is 294. The van der Waals surface area contributed by atoms with Crippen LogP contribution in [0.1, 0.15) is 12.8 Å². The first-order valence-electron chi connectivity index (χ1n) is 16.4. The first kappa shape index (κ1) is 52.1. The third kappa shape index (κ3) is 9.24. The maximum atomic E-state index is 15.4. The average Bonchev–Trinajstić information content (AvgIpc) is 3.17. The minimum atomic E-state index is -7.22. The Kier molecular flexibility index (Phi) is 17.5. The third-order valence-corrected chi connectivity index (χ3v) is 9.00. The van der Waals surface area contributed by atoms with Crippen LogP contribution >= 0.6 is 0 Å². The van der Waals surface area contributed by atoms with E-state index in [0.717, 1.165) is 0 Å². The summed E-state index contributed by atoms with van der Waals surface area (Å²) in [5.74, 6) is -71.4. The molecule has 0 aliphatic heterocycles. The van der Waals surface area contributed by atoms with Crippen LogP contribution in [0.15, 0.2) is 0 Å². The van der Waals surface area contributed by atoms with E-state index in [-0.39, 0.29) is 17.1 Å².